The Morgan fingerprint density at radius 1 is 1.67 bits per heavy atom. The number of hydrogen-bond acceptors (Lipinski definition) is 5. The molecule has 0 saturated heterocycles. The molecule has 8 nitrogen and oxygen atoms in total. The van der Waals surface area contributed by atoms with Crippen LogP contribution in [0, 0.1) is 0 Å². The van der Waals surface area contributed by atoms with Gasteiger partial charge in [0.2, 0.25) is 0 Å². The predicted octanol–water partition coefficient (Wildman–Crippen LogP) is -1.99. The first-order valence-electron chi connectivity index (χ1n) is 4.18. The second kappa shape index (κ2) is 7.71. The lowest BCUT2D eigenvalue weighted by molar-refractivity contribution is 0.144. The molecule has 0 saturated carbocycles. The molecule has 0 aromatic rings. The van der Waals surface area contributed by atoms with Crippen molar-refractivity contribution < 1.29 is 14.7 Å². The van der Waals surface area contributed by atoms with E-state index < -0.39 is 12.1 Å². The van der Waals surface area contributed by atoms with Crippen LogP contribution in [0.15, 0.2) is 10.1 Å². The number of amides is 2. The van der Waals surface area contributed by atoms with Crippen molar-refractivity contribution in [1.29, 1.82) is 0 Å². The Kier molecular flexibility index (Phi) is 6.85. The molecule has 0 bridgehead atoms. The Morgan fingerprint density at radius 2 is 2.33 bits per heavy atom. The fraction of sp³-hybridized carbons (Fsp3) is 0.571. The van der Waals surface area contributed by atoms with Gasteiger partial charge >= 0.3 is 6.03 Å². The van der Waals surface area contributed by atoms with E-state index in [2.05, 4.69) is 22.2 Å². The first-order chi connectivity index (χ1) is 7.11. The Balaban J connectivity index is 3.81. The van der Waals surface area contributed by atoms with Gasteiger partial charge in [0, 0.05) is 0 Å². The standard InChI is InChI=1S/C7H15N5O3/c1-10-6(5(8)4-13)12-15-3-2-11-7(9)14/h5,13H,1-4,8H2,(H3,9,11,14)/b12-6-. The van der Waals surface area contributed by atoms with Crippen molar-refractivity contribution >= 4 is 18.6 Å². The van der Waals surface area contributed by atoms with Crippen LogP contribution in [-0.4, -0.2) is 49.5 Å². The van der Waals surface area contributed by atoms with Crippen LogP contribution in [0.1, 0.15) is 0 Å². The SMILES string of the molecule is C=N/C(=N\OCCNC(N)=O)C(N)CO. The zero-order valence-corrected chi connectivity index (χ0v) is 8.22. The smallest absolute Gasteiger partial charge is 0.312 e. The average molecular weight is 217 g/mol. The summed E-state index contributed by atoms with van der Waals surface area (Å²) in [5, 5.41) is 14.5. The van der Waals surface area contributed by atoms with Gasteiger partial charge in [0.15, 0.2) is 5.84 Å². The Bertz CT molecular complexity index is 243. The monoisotopic (exact) mass is 217 g/mol. The van der Waals surface area contributed by atoms with E-state index in [-0.39, 0.29) is 25.6 Å². The van der Waals surface area contributed by atoms with Gasteiger partial charge in [-0.1, -0.05) is 5.16 Å². The molecule has 1 atom stereocenters. The molecular weight excluding hydrogens is 202 g/mol. The number of nitrogens with one attached hydrogen (secondary N) is 1. The number of carbonyl (C=O) groups is 1. The highest BCUT2D eigenvalue weighted by Crippen LogP contribution is 1.88. The third-order valence-corrected chi connectivity index (χ3v) is 1.34. The highest BCUT2D eigenvalue weighted by atomic mass is 16.6. The first kappa shape index (κ1) is 13.3. The van der Waals surface area contributed by atoms with Crippen LogP contribution in [0.2, 0.25) is 0 Å². The minimum atomic E-state index is -0.730. The number of aliphatic imine (C=N–C) groups is 1. The van der Waals surface area contributed by atoms with E-state index >= 15 is 0 Å². The summed E-state index contributed by atoms with van der Waals surface area (Å²) in [6, 6.07) is -1.37. The van der Waals surface area contributed by atoms with Crippen LogP contribution in [0.3, 0.4) is 0 Å². The lowest BCUT2D eigenvalue weighted by Gasteiger charge is -2.06. The normalized spacial score (nSPS) is 13.1. The number of amidine groups is 1. The minimum absolute atomic E-state index is 0.0941. The average Bonchev–Trinajstić information content (AvgIpc) is 2.22. The number of aliphatic hydroxyl groups excluding tert-OH is 1. The lowest BCUT2D eigenvalue weighted by Crippen LogP contribution is -2.34. The van der Waals surface area contributed by atoms with Crippen molar-refractivity contribution in [3.8, 4) is 0 Å². The van der Waals surface area contributed by atoms with Crippen molar-refractivity contribution in [2.45, 2.75) is 6.04 Å². The molecule has 0 aliphatic rings. The fourth-order valence-electron chi connectivity index (χ4n) is 0.627. The molecule has 0 aliphatic carbocycles. The van der Waals surface area contributed by atoms with E-state index in [0.717, 1.165) is 0 Å². The van der Waals surface area contributed by atoms with E-state index in [1.54, 1.807) is 0 Å². The molecule has 86 valence electrons. The van der Waals surface area contributed by atoms with Crippen molar-refractivity contribution in [1.82, 2.24) is 5.32 Å². The van der Waals surface area contributed by atoms with Gasteiger partial charge in [0.1, 0.15) is 6.61 Å². The van der Waals surface area contributed by atoms with E-state index in [9.17, 15) is 4.79 Å². The van der Waals surface area contributed by atoms with Crippen molar-refractivity contribution in [2.24, 2.45) is 21.6 Å². The van der Waals surface area contributed by atoms with Gasteiger partial charge in [-0.3, -0.25) is 0 Å². The third kappa shape index (κ3) is 6.41. The second-order valence-electron chi connectivity index (χ2n) is 2.52. The van der Waals surface area contributed by atoms with Gasteiger partial charge in [-0.2, -0.15) is 0 Å². The molecule has 0 spiro atoms. The molecule has 6 N–H and O–H groups in total. The Labute approximate surface area is 87.0 Å². The minimum Gasteiger partial charge on any atom is -0.394 e. The summed E-state index contributed by atoms with van der Waals surface area (Å²) >= 11 is 0. The highest BCUT2D eigenvalue weighted by molar-refractivity contribution is 5.90. The molecule has 1 unspecified atom stereocenters. The molecule has 0 fully saturated rings. The number of primary amides is 1. The molecule has 0 aliphatic heterocycles. The van der Waals surface area contributed by atoms with Gasteiger partial charge in [0.25, 0.3) is 0 Å². The van der Waals surface area contributed by atoms with E-state index in [1.165, 1.54) is 0 Å². The molecule has 0 aromatic heterocycles. The van der Waals surface area contributed by atoms with Crippen molar-refractivity contribution in [3.63, 3.8) is 0 Å². The van der Waals surface area contributed by atoms with Gasteiger partial charge in [-0.05, 0) is 6.72 Å². The van der Waals surface area contributed by atoms with Crippen LogP contribution in [0.25, 0.3) is 0 Å². The quantitative estimate of drug-likeness (QED) is 0.177. The molecule has 0 heterocycles. The lowest BCUT2D eigenvalue weighted by atomic mass is 10.3. The van der Waals surface area contributed by atoms with Crippen LogP contribution >= 0.6 is 0 Å². The fourth-order valence-corrected chi connectivity index (χ4v) is 0.627. The maximum atomic E-state index is 10.2. The predicted molar refractivity (Wildman–Crippen MR) is 55.6 cm³/mol. The largest absolute Gasteiger partial charge is 0.394 e. The van der Waals surface area contributed by atoms with Gasteiger partial charge in [0.05, 0.1) is 19.2 Å². The third-order valence-electron chi connectivity index (χ3n) is 1.34. The summed E-state index contributed by atoms with van der Waals surface area (Å²) in [6.45, 7) is 3.26. The van der Waals surface area contributed by atoms with Crippen LogP contribution in [0.5, 0.6) is 0 Å². The van der Waals surface area contributed by atoms with Crippen LogP contribution < -0.4 is 16.8 Å². The summed E-state index contributed by atoms with van der Waals surface area (Å²) < 4.78 is 0. The maximum Gasteiger partial charge on any atom is 0.312 e. The zero-order valence-electron chi connectivity index (χ0n) is 8.22. The number of oxime groups is 1. The topological polar surface area (TPSA) is 135 Å². The molecule has 0 rings (SSSR count). The summed E-state index contributed by atoms with van der Waals surface area (Å²) in [5.41, 5.74) is 10.2. The van der Waals surface area contributed by atoms with E-state index in [0.29, 0.717) is 0 Å². The molecule has 2 amide bonds. The number of carbonyl (C=O) groups excluding carboxylic acids is 1. The number of nitrogens with two attached hydrogens (primary N) is 2. The molecule has 15 heavy (non-hydrogen) atoms. The van der Waals surface area contributed by atoms with Crippen molar-refractivity contribution in [3.05, 3.63) is 0 Å². The summed E-state index contributed by atoms with van der Waals surface area (Å²) in [7, 11) is 0. The number of rotatable bonds is 6. The van der Waals surface area contributed by atoms with Crippen LogP contribution in [0.4, 0.5) is 4.79 Å². The number of urea groups is 1. The second-order valence-corrected chi connectivity index (χ2v) is 2.52. The van der Waals surface area contributed by atoms with Gasteiger partial charge in [-0.25, -0.2) is 9.79 Å². The molecule has 0 aromatic carbocycles. The number of hydrogen-bond donors (Lipinski definition) is 4. The van der Waals surface area contributed by atoms with Crippen molar-refractivity contribution in [2.75, 3.05) is 19.8 Å². The van der Waals surface area contributed by atoms with Gasteiger partial charge < -0.3 is 26.7 Å². The summed E-state index contributed by atoms with van der Waals surface area (Å²) in [5.74, 6) is 0.0941. The molecule has 8 heteroatoms. The molecular formula is C7H15N5O3. The van der Waals surface area contributed by atoms with E-state index in [4.69, 9.17) is 21.4 Å². The zero-order chi connectivity index (χ0) is 11.7. The molecule has 0 radical (unpaired) electrons. The maximum absolute atomic E-state index is 10.2. The van der Waals surface area contributed by atoms with Gasteiger partial charge in [-0.15, -0.1) is 0 Å². The Hall–Kier alpha value is -1.67. The number of nitrogens with zero attached hydrogens (tertiary/aromatic N) is 2. The highest BCUT2D eigenvalue weighted by Gasteiger charge is 2.07. The number of aliphatic hydroxyl groups is 1. The summed E-state index contributed by atoms with van der Waals surface area (Å²) in [6.07, 6.45) is 0. The summed E-state index contributed by atoms with van der Waals surface area (Å²) in [4.78, 5) is 18.5. The van der Waals surface area contributed by atoms with E-state index in [1.807, 2.05) is 0 Å². The van der Waals surface area contributed by atoms with Crippen LogP contribution in [-0.2, 0) is 4.84 Å². The first-order valence-corrected chi connectivity index (χ1v) is 4.18. The Morgan fingerprint density at radius 3 is 2.80 bits per heavy atom.